The molecule has 0 unspecified atom stereocenters. The van der Waals surface area contributed by atoms with Gasteiger partial charge in [0.2, 0.25) is 0 Å². The topological polar surface area (TPSA) is 38.7 Å². The molecule has 23 heavy (non-hydrogen) atoms. The second-order valence-corrected chi connectivity index (χ2v) is 7.58. The molecule has 0 spiro atoms. The van der Waals surface area contributed by atoms with Crippen LogP contribution in [0.25, 0.3) is 0 Å². The number of hydrogen-bond donors (Lipinski definition) is 2. The molecule has 5 heteroatoms. The first-order valence-electron chi connectivity index (χ1n) is 8.79. The van der Waals surface area contributed by atoms with Crippen molar-refractivity contribution >= 4 is 23.0 Å². The highest BCUT2D eigenvalue weighted by molar-refractivity contribution is 7.80. The van der Waals surface area contributed by atoms with Crippen LogP contribution >= 0.6 is 12.2 Å². The summed E-state index contributed by atoms with van der Waals surface area (Å²) in [5.41, 5.74) is 0.930. The minimum atomic E-state index is 0.364. The third kappa shape index (κ3) is 2.99. The fourth-order valence-corrected chi connectivity index (χ4v) is 4.89. The Morgan fingerprint density at radius 3 is 2.52 bits per heavy atom. The molecule has 1 aromatic rings. The summed E-state index contributed by atoms with van der Waals surface area (Å²) >= 11 is 5.65. The second-order valence-electron chi connectivity index (χ2n) is 7.19. The van der Waals surface area contributed by atoms with Crippen molar-refractivity contribution < 1.29 is 5.11 Å². The van der Waals surface area contributed by atoms with Crippen LogP contribution in [0.5, 0.6) is 5.75 Å². The highest BCUT2D eigenvalue weighted by Gasteiger charge is 2.40. The van der Waals surface area contributed by atoms with Crippen LogP contribution < -0.4 is 10.2 Å². The van der Waals surface area contributed by atoms with Crippen molar-refractivity contribution in [1.29, 1.82) is 0 Å². The minimum Gasteiger partial charge on any atom is -0.506 e. The molecule has 0 aromatic heterocycles. The lowest BCUT2D eigenvalue weighted by Crippen LogP contribution is -2.54. The molecule has 3 fully saturated rings. The van der Waals surface area contributed by atoms with Crippen molar-refractivity contribution in [2.75, 3.05) is 31.1 Å². The van der Waals surface area contributed by atoms with Gasteiger partial charge >= 0.3 is 0 Å². The van der Waals surface area contributed by atoms with Gasteiger partial charge in [-0.2, -0.15) is 0 Å². The van der Waals surface area contributed by atoms with E-state index in [1.807, 2.05) is 18.2 Å². The number of nitrogens with one attached hydrogen (secondary N) is 1. The van der Waals surface area contributed by atoms with Crippen LogP contribution in [0.1, 0.15) is 25.7 Å². The largest absolute Gasteiger partial charge is 0.506 e. The number of benzene rings is 1. The van der Waals surface area contributed by atoms with E-state index in [9.17, 15) is 5.11 Å². The lowest BCUT2D eigenvalue weighted by atomic mass is 9.95. The third-order valence-electron chi connectivity index (χ3n) is 5.84. The lowest BCUT2D eigenvalue weighted by Gasteiger charge is -2.38. The van der Waals surface area contributed by atoms with Crippen molar-refractivity contribution in [3.63, 3.8) is 0 Å². The van der Waals surface area contributed by atoms with Crippen molar-refractivity contribution in [2.45, 2.75) is 31.7 Å². The van der Waals surface area contributed by atoms with Gasteiger partial charge in [0.25, 0.3) is 0 Å². The van der Waals surface area contributed by atoms with E-state index in [-0.39, 0.29) is 0 Å². The summed E-state index contributed by atoms with van der Waals surface area (Å²) in [6.07, 6.45) is 5.52. The molecular formula is C18H25N3OS. The Balaban J connectivity index is 1.31. The molecule has 2 aliphatic carbocycles. The summed E-state index contributed by atoms with van der Waals surface area (Å²) in [6.45, 7) is 3.63. The summed E-state index contributed by atoms with van der Waals surface area (Å²) in [4.78, 5) is 4.53. The van der Waals surface area contributed by atoms with Crippen molar-refractivity contribution in [3.8, 4) is 5.75 Å². The van der Waals surface area contributed by atoms with Gasteiger partial charge in [-0.1, -0.05) is 18.6 Å². The molecule has 0 radical (unpaired) electrons. The maximum atomic E-state index is 9.99. The highest BCUT2D eigenvalue weighted by atomic mass is 32.1. The Morgan fingerprint density at radius 1 is 1.09 bits per heavy atom. The van der Waals surface area contributed by atoms with E-state index in [1.54, 1.807) is 6.07 Å². The van der Waals surface area contributed by atoms with Crippen molar-refractivity contribution in [2.24, 2.45) is 11.8 Å². The van der Waals surface area contributed by atoms with Gasteiger partial charge in [-0.05, 0) is 55.4 Å². The van der Waals surface area contributed by atoms with E-state index in [1.165, 1.54) is 25.7 Å². The number of nitrogens with zero attached hydrogens (tertiary/aromatic N) is 2. The zero-order valence-electron chi connectivity index (χ0n) is 13.4. The molecule has 3 atom stereocenters. The molecule has 3 aliphatic rings. The smallest absolute Gasteiger partial charge is 0.169 e. The average molecular weight is 331 g/mol. The Labute approximate surface area is 143 Å². The fourth-order valence-electron chi connectivity index (χ4n) is 4.55. The number of para-hydroxylation sites is 2. The molecule has 0 amide bonds. The number of fused-ring (bicyclic) bond motifs is 2. The van der Waals surface area contributed by atoms with Crippen LogP contribution in [0.3, 0.4) is 0 Å². The van der Waals surface area contributed by atoms with E-state index in [0.717, 1.165) is 48.8 Å². The van der Waals surface area contributed by atoms with E-state index in [2.05, 4.69) is 15.1 Å². The van der Waals surface area contributed by atoms with Gasteiger partial charge in [-0.3, -0.25) is 0 Å². The highest BCUT2D eigenvalue weighted by Crippen LogP contribution is 2.44. The molecule has 4 nitrogen and oxygen atoms in total. The molecule has 1 saturated heterocycles. The molecule has 1 aliphatic heterocycles. The van der Waals surface area contributed by atoms with Gasteiger partial charge in [-0.15, -0.1) is 0 Å². The average Bonchev–Trinajstić information content (AvgIpc) is 3.18. The van der Waals surface area contributed by atoms with E-state index >= 15 is 0 Å². The summed E-state index contributed by atoms with van der Waals surface area (Å²) < 4.78 is 0. The van der Waals surface area contributed by atoms with Crippen LogP contribution in [0.15, 0.2) is 24.3 Å². The molecule has 124 valence electrons. The monoisotopic (exact) mass is 331 g/mol. The predicted molar refractivity (Wildman–Crippen MR) is 96.9 cm³/mol. The Morgan fingerprint density at radius 2 is 1.87 bits per heavy atom. The number of aromatic hydroxyl groups is 1. The van der Waals surface area contributed by atoms with Crippen LogP contribution in [0.4, 0.5) is 5.69 Å². The van der Waals surface area contributed by atoms with Crippen molar-refractivity contribution in [1.82, 2.24) is 10.2 Å². The number of piperazine rings is 1. The molecule has 2 N–H and O–H groups in total. The molecule has 4 rings (SSSR count). The zero-order valence-corrected chi connectivity index (χ0v) is 14.3. The van der Waals surface area contributed by atoms with Gasteiger partial charge in [0.15, 0.2) is 5.11 Å². The third-order valence-corrected chi connectivity index (χ3v) is 6.21. The first-order chi connectivity index (χ1) is 11.2. The molecule has 1 aromatic carbocycles. The van der Waals surface area contributed by atoms with Gasteiger partial charge in [0, 0.05) is 32.2 Å². The normalized spacial score (nSPS) is 29.8. The second kappa shape index (κ2) is 6.19. The number of phenols is 1. The predicted octanol–water partition coefficient (Wildman–Crippen LogP) is 2.58. The van der Waals surface area contributed by atoms with Gasteiger partial charge in [-0.25, -0.2) is 0 Å². The SMILES string of the molecule is Oc1ccccc1N1CCN(C(=S)N[C@H]2C[C@H]3CC[C@H]2C3)CC1. The number of rotatable bonds is 2. The van der Waals surface area contributed by atoms with Crippen LogP contribution in [0.2, 0.25) is 0 Å². The first-order valence-corrected chi connectivity index (χ1v) is 9.20. The summed E-state index contributed by atoms with van der Waals surface area (Å²) in [5, 5.41) is 14.6. The zero-order chi connectivity index (χ0) is 15.8. The summed E-state index contributed by atoms with van der Waals surface area (Å²) in [6, 6.07) is 8.18. The van der Waals surface area contributed by atoms with E-state index in [4.69, 9.17) is 12.2 Å². The van der Waals surface area contributed by atoms with Gasteiger partial charge < -0.3 is 20.2 Å². The summed E-state index contributed by atoms with van der Waals surface area (Å²) in [5.74, 6) is 2.15. The van der Waals surface area contributed by atoms with Gasteiger partial charge in [0.05, 0.1) is 5.69 Å². The molecule has 1 heterocycles. The van der Waals surface area contributed by atoms with E-state index < -0.39 is 0 Å². The lowest BCUT2D eigenvalue weighted by molar-refractivity contribution is 0.344. The van der Waals surface area contributed by atoms with Crippen molar-refractivity contribution in [3.05, 3.63) is 24.3 Å². The van der Waals surface area contributed by atoms with Crippen LogP contribution in [-0.2, 0) is 0 Å². The van der Waals surface area contributed by atoms with E-state index in [0.29, 0.717) is 11.8 Å². The minimum absolute atomic E-state index is 0.364. The maximum Gasteiger partial charge on any atom is 0.169 e. The number of phenolic OH excluding ortho intramolecular Hbond substituents is 1. The first kappa shape index (κ1) is 15.1. The van der Waals surface area contributed by atoms with Crippen LogP contribution in [0, 0.1) is 11.8 Å². The molecule has 2 saturated carbocycles. The Bertz CT molecular complexity index is 585. The van der Waals surface area contributed by atoms with Crippen LogP contribution in [-0.4, -0.2) is 47.3 Å². The quantitative estimate of drug-likeness (QED) is 0.815. The Kier molecular flexibility index (Phi) is 4.05. The Hall–Kier alpha value is -1.49. The maximum absolute atomic E-state index is 9.99. The molecule has 2 bridgehead atoms. The number of hydrogen-bond acceptors (Lipinski definition) is 3. The summed E-state index contributed by atoms with van der Waals surface area (Å²) in [7, 11) is 0. The standard InChI is InChI=1S/C18H25N3OS/c22-17-4-2-1-3-16(17)20-7-9-21(10-8-20)18(23)19-15-12-13-5-6-14(15)11-13/h1-4,13-15,22H,5-12H2,(H,19,23)/t13-,14-,15-/m0/s1. The fraction of sp³-hybridized carbons (Fsp3) is 0.611. The van der Waals surface area contributed by atoms with Gasteiger partial charge in [0.1, 0.15) is 5.75 Å². The molecular weight excluding hydrogens is 306 g/mol. The number of thiocarbonyl (C=S) groups is 1. The number of anilines is 1.